The van der Waals surface area contributed by atoms with E-state index in [-0.39, 0.29) is 5.75 Å². The molecular weight excluding hydrogens is 196 g/mol. The lowest BCUT2D eigenvalue weighted by Crippen LogP contribution is -1.86. The van der Waals surface area contributed by atoms with Crippen molar-refractivity contribution in [1.82, 2.24) is 0 Å². The average molecular weight is 211 g/mol. The summed E-state index contributed by atoms with van der Waals surface area (Å²) < 4.78 is 0. The Morgan fingerprint density at radius 1 is 0.750 bits per heavy atom. The molecule has 0 amide bonds. The van der Waals surface area contributed by atoms with Gasteiger partial charge in [0.15, 0.2) is 5.75 Å². The molecule has 0 aliphatic carbocycles. The maximum atomic E-state index is 11.0. The summed E-state index contributed by atoms with van der Waals surface area (Å²) in [4.78, 5) is 0. The van der Waals surface area contributed by atoms with Gasteiger partial charge in [-0.05, 0) is 34.7 Å². The van der Waals surface area contributed by atoms with E-state index in [1.54, 1.807) is 12.1 Å². The summed E-state index contributed by atoms with van der Waals surface area (Å²) in [7, 11) is 0. The molecule has 0 atom stereocenters. The molecule has 81 valence electrons. The number of benzene rings is 2. The van der Waals surface area contributed by atoms with E-state index in [1.165, 1.54) is 5.56 Å². The van der Waals surface area contributed by atoms with Crippen LogP contribution in [0.1, 0.15) is 25.3 Å². The number of hydrogen-bond acceptors (Lipinski definition) is 0. The largest absolute Gasteiger partial charge is 0.290 e. The van der Waals surface area contributed by atoms with Crippen LogP contribution in [-0.2, 0) is 5.11 Å². The van der Waals surface area contributed by atoms with Crippen LogP contribution in [0.15, 0.2) is 48.5 Å². The molecule has 0 bridgehead atoms. The first-order valence-electron chi connectivity index (χ1n) is 5.54. The van der Waals surface area contributed by atoms with Gasteiger partial charge in [0.2, 0.25) is 0 Å². The quantitative estimate of drug-likeness (QED) is 0.690. The van der Waals surface area contributed by atoms with Gasteiger partial charge in [0.25, 0.3) is 0 Å². The molecular formula is C15H15O. The monoisotopic (exact) mass is 211 g/mol. The maximum Gasteiger partial charge on any atom is 0.178 e. The summed E-state index contributed by atoms with van der Waals surface area (Å²) in [6.07, 6.45) is 0. The lowest BCUT2D eigenvalue weighted by Gasteiger charge is -2.06. The third-order valence-electron chi connectivity index (χ3n) is 2.76. The predicted octanol–water partition coefficient (Wildman–Crippen LogP) is 4.62. The van der Waals surface area contributed by atoms with Crippen LogP contribution in [0.3, 0.4) is 0 Å². The molecule has 0 spiro atoms. The minimum absolute atomic E-state index is 0.0579. The van der Waals surface area contributed by atoms with Crippen molar-refractivity contribution < 1.29 is 5.11 Å². The molecule has 0 fully saturated rings. The fraction of sp³-hybridized carbons (Fsp3) is 0.200. The molecule has 1 radical (unpaired) electrons. The highest BCUT2D eigenvalue weighted by Crippen LogP contribution is 2.24. The van der Waals surface area contributed by atoms with Crippen molar-refractivity contribution in [2.75, 3.05) is 0 Å². The maximum absolute atomic E-state index is 11.0. The van der Waals surface area contributed by atoms with Gasteiger partial charge in [0.1, 0.15) is 0 Å². The number of hydrogen-bond donors (Lipinski definition) is 0. The lowest BCUT2D eigenvalue weighted by molar-refractivity contribution is 0.355. The van der Waals surface area contributed by atoms with Gasteiger partial charge in [-0.3, -0.25) is 5.11 Å². The third-order valence-corrected chi connectivity index (χ3v) is 2.76. The van der Waals surface area contributed by atoms with E-state index in [0.717, 1.165) is 11.1 Å². The Bertz CT molecular complexity index is 452. The summed E-state index contributed by atoms with van der Waals surface area (Å²) in [5, 5.41) is 11.0. The Hall–Kier alpha value is -1.76. The molecule has 0 heterocycles. The minimum atomic E-state index is 0.0579. The Labute approximate surface area is 96.4 Å². The summed E-state index contributed by atoms with van der Waals surface area (Å²) in [5.41, 5.74) is 3.59. The second-order valence-corrected chi connectivity index (χ2v) is 4.30. The lowest BCUT2D eigenvalue weighted by atomic mass is 9.99. The van der Waals surface area contributed by atoms with E-state index >= 15 is 0 Å². The van der Waals surface area contributed by atoms with Crippen molar-refractivity contribution in [3.63, 3.8) is 0 Å². The molecule has 16 heavy (non-hydrogen) atoms. The van der Waals surface area contributed by atoms with E-state index in [4.69, 9.17) is 0 Å². The van der Waals surface area contributed by atoms with Crippen molar-refractivity contribution in [1.29, 1.82) is 0 Å². The van der Waals surface area contributed by atoms with Crippen LogP contribution in [0.25, 0.3) is 11.1 Å². The van der Waals surface area contributed by atoms with Gasteiger partial charge in [-0.15, -0.1) is 0 Å². The molecule has 2 aromatic rings. The van der Waals surface area contributed by atoms with E-state index in [1.807, 2.05) is 12.1 Å². The van der Waals surface area contributed by atoms with Gasteiger partial charge >= 0.3 is 0 Å². The van der Waals surface area contributed by atoms with Crippen LogP contribution in [0.5, 0.6) is 5.75 Å². The summed E-state index contributed by atoms with van der Waals surface area (Å²) in [5.74, 6) is 0.612. The topological polar surface area (TPSA) is 19.9 Å². The van der Waals surface area contributed by atoms with Gasteiger partial charge < -0.3 is 0 Å². The van der Waals surface area contributed by atoms with Crippen molar-refractivity contribution in [2.45, 2.75) is 19.8 Å². The summed E-state index contributed by atoms with van der Waals surface area (Å²) in [6.45, 7) is 4.36. The SMILES string of the molecule is CC(C)c1ccc(-c2ccc([O])cc2)cc1. The van der Waals surface area contributed by atoms with Crippen molar-refractivity contribution in [2.24, 2.45) is 0 Å². The van der Waals surface area contributed by atoms with Crippen molar-refractivity contribution >= 4 is 0 Å². The first kappa shape index (κ1) is 10.7. The standard InChI is InChI=1S/C15H15O/c1-11(2)12-3-5-13(6-4-12)14-7-9-15(16)10-8-14/h3-11H,1-2H3. The van der Waals surface area contributed by atoms with Crippen LogP contribution in [0.2, 0.25) is 0 Å². The first-order chi connectivity index (χ1) is 7.66. The zero-order valence-corrected chi connectivity index (χ0v) is 9.60. The fourth-order valence-corrected chi connectivity index (χ4v) is 1.71. The summed E-state index contributed by atoms with van der Waals surface area (Å²) in [6, 6.07) is 15.4. The second-order valence-electron chi connectivity index (χ2n) is 4.30. The van der Waals surface area contributed by atoms with Crippen LogP contribution in [0, 0.1) is 0 Å². The van der Waals surface area contributed by atoms with Crippen LogP contribution in [-0.4, -0.2) is 0 Å². The first-order valence-corrected chi connectivity index (χ1v) is 5.54. The molecule has 0 saturated heterocycles. The third kappa shape index (κ3) is 2.25. The molecule has 0 aliphatic rings. The van der Waals surface area contributed by atoms with E-state index in [2.05, 4.69) is 38.1 Å². The predicted molar refractivity (Wildman–Crippen MR) is 66.1 cm³/mol. The van der Waals surface area contributed by atoms with Gasteiger partial charge in [-0.1, -0.05) is 50.2 Å². The molecule has 2 rings (SSSR count). The van der Waals surface area contributed by atoms with Gasteiger partial charge in [0.05, 0.1) is 0 Å². The van der Waals surface area contributed by atoms with Gasteiger partial charge in [-0.2, -0.15) is 0 Å². The zero-order chi connectivity index (χ0) is 11.5. The Balaban J connectivity index is 2.31. The molecule has 0 saturated carbocycles. The van der Waals surface area contributed by atoms with E-state index < -0.39 is 0 Å². The molecule has 0 aliphatic heterocycles. The normalized spacial score (nSPS) is 10.7. The number of rotatable bonds is 2. The molecule has 2 aromatic carbocycles. The minimum Gasteiger partial charge on any atom is -0.290 e. The smallest absolute Gasteiger partial charge is 0.178 e. The highest BCUT2D eigenvalue weighted by Gasteiger charge is 2.01. The zero-order valence-electron chi connectivity index (χ0n) is 9.60. The van der Waals surface area contributed by atoms with Crippen molar-refractivity contribution in [3.8, 4) is 16.9 Å². The molecule has 0 aromatic heterocycles. The van der Waals surface area contributed by atoms with Gasteiger partial charge in [0, 0.05) is 0 Å². The van der Waals surface area contributed by atoms with Crippen molar-refractivity contribution in [3.05, 3.63) is 54.1 Å². The van der Waals surface area contributed by atoms with Crippen LogP contribution in [0.4, 0.5) is 0 Å². The van der Waals surface area contributed by atoms with Crippen LogP contribution < -0.4 is 0 Å². The summed E-state index contributed by atoms with van der Waals surface area (Å²) >= 11 is 0. The second kappa shape index (κ2) is 4.40. The molecule has 1 heteroatoms. The highest BCUT2D eigenvalue weighted by atomic mass is 16.3. The Kier molecular flexibility index (Phi) is 2.95. The molecule has 1 nitrogen and oxygen atoms in total. The van der Waals surface area contributed by atoms with E-state index in [0.29, 0.717) is 5.92 Å². The molecule has 0 N–H and O–H groups in total. The fourth-order valence-electron chi connectivity index (χ4n) is 1.71. The highest BCUT2D eigenvalue weighted by molar-refractivity contribution is 5.64. The Morgan fingerprint density at radius 2 is 1.19 bits per heavy atom. The van der Waals surface area contributed by atoms with E-state index in [9.17, 15) is 5.11 Å². The Morgan fingerprint density at radius 3 is 1.62 bits per heavy atom. The molecule has 0 unspecified atom stereocenters. The van der Waals surface area contributed by atoms with Crippen LogP contribution >= 0.6 is 0 Å². The average Bonchev–Trinajstić information content (AvgIpc) is 2.30. The van der Waals surface area contributed by atoms with Gasteiger partial charge in [-0.25, -0.2) is 0 Å².